The number of hydrogen-bond acceptors (Lipinski definition) is 9. The predicted molar refractivity (Wildman–Crippen MR) is 129 cm³/mol. The summed E-state index contributed by atoms with van der Waals surface area (Å²) in [6.07, 6.45) is 4.82. The Bertz CT molecular complexity index is 1390. The van der Waals surface area contributed by atoms with Crippen molar-refractivity contribution >= 4 is 42.7 Å². The number of fused-ring (bicyclic) bond motifs is 1. The molecular weight excluding hydrogens is 460 g/mol. The van der Waals surface area contributed by atoms with Crippen molar-refractivity contribution in [3.63, 3.8) is 0 Å². The molecule has 0 radical (unpaired) electrons. The van der Waals surface area contributed by atoms with E-state index in [2.05, 4.69) is 30.4 Å². The maximum absolute atomic E-state index is 11.7. The maximum Gasteiger partial charge on any atom is 0.211 e. The van der Waals surface area contributed by atoms with E-state index in [4.69, 9.17) is 4.98 Å². The van der Waals surface area contributed by atoms with E-state index in [1.54, 1.807) is 12.4 Å². The van der Waals surface area contributed by atoms with E-state index in [0.29, 0.717) is 32.0 Å². The average Bonchev–Trinajstić information content (AvgIpc) is 3.38. The first kappa shape index (κ1) is 21.9. The van der Waals surface area contributed by atoms with Crippen LogP contribution in [0.15, 0.2) is 36.7 Å². The molecule has 4 aromatic heterocycles. The molecule has 1 saturated heterocycles. The lowest BCUT2D eigenvalue weighted by molar-refractivity contribution is 0.182. The summed E-state index contributed by atoms with van der Waals surface area (Å²) < 4.78 is 24.9. The molecule has 0 aliphatic carbocycles. The van der Waals surface area contributed by atoms with Crippen LogP contribution in [0.3, 0.4) is 0 Å². The van der Waals surface area contributed by atoms with Gasteiger partial charge in [-0.3, -0.25) is 10.00 Å². The molecular formula is C21H24N8O2S2. The van der Waals surface area contributed by atoms with Gasteiger partial charge >= 0.3 is 0 Å². The number of H-pyrrole nitrogens is 1. The molecule has 10 nitrogen and oxygen atoms in total. The lowest BCUT2D eigenvalue weighted by atomic mass is 10.2. The first-order valence-electron chi connectivity index (χ1n) is 10.5. The van der Waals surface area contributed by atoms with Crippen LogP contribution >= 0.6 is 11.3 Å². The number of sulfonamides is 1. The molecule has 0 saturated carbocycles. The molecule has 33 heavy (non-hydrogen) atoms. The number of aryl methyl sites for hydroxylation is 1. The molecule has 0 unspecified atom stereocenters. The Hall–Kier alpha value is -2.93. The van der Waals surface area contributed by atoms with Crippen molar-refractivity contribution in [3.05, 3.63) is 47.9 Å². The third-order valence-electron chi connectivity index (χ3n) is 5.63. The van der Waals surface area contributed by atoms with Crippen molar-refractivity contribution in [3.8, 4) is 11.3 Å². The highest BCUT2D eigenvalue weighted by molar-refractivity contribution is 7.88. The Kier molecular flexibility index (Phi) is 5.83. The number of aromatic nitrogens is 5. The molecule has 0 atom stereocenters. The fourth-order valence-corrected chi connectivity index (χ4v) is 5.53. The summed E-state index contributed by atoms with van der Waals surface area (Å²) in [4.78, 5) is 16.9. The quantitative estimate of drug-likeness (QED) is 0.429. The second-order valence-electron chi connectivity index (χ2n) is 8.06. The highest BCUT2D eigenvalue weighted by Gasteiger charge is 2.23. The molecule has 1 aliphatic rings. The molecule has 2 N–H and O–H groups in total. The Morgan fingerprint density at radius 1 is 1.15 bits per heavy atom. The number of aromatic amines is 1. The van der Waals surface area contributed by atoms with Gasteiger partial charge in [0.15, 0.2) is 5.13 Å². The molecule has 4 aromatic rings. The lowest BCUT2D eigenvalue weighted by Crippen LogP contribution is -2.47. The Balaban J connectivity index is 1.27. The van der Waals surface area contributed by atoms with Crippen molar-refractivity contribution in [1.82, 2.24) is 34.4 Å². The first-order chi connectivity index (χ1) is 15.8. The van der Waals surface area contributed by atoms with Gasteiger partial charge in [0.1, 0.15) is 16.2 Å². The third kappa shape index (κ3) is 4.88. The van der Waals surface area contributed by atoms with Crippen LogP contribution in [0.25, 0.3) is 21.6 Å². The topological polar surface area (TPSA) is 120 Å². The van der Waals surface area contributed by atoms with E-state index in [9.17, 15) is 8.42 Å². The smallest absolute Gasteiger partial charge is 0.211 e. The van der Waals surface area contributed by atoms with Crippen molar-refractivity contribution in [2.75, 3.05) is 37.8 Å². The van der Waals surface area contributed by atoms with Crippen LogP contribution in [0.4, 0.5) is 10.9 Å². The number of thiazole rings is 1. The van der Waals surface area contributed by atoms with Gasteiger partial charge < -0.3 is 5.32 Å². The lowest BCUT2D eigenvalue weighted by Gasteiger charge is -2.33. The standard InChI is InChI=1S/C21H24N8O2S2/c1-14-16(12-23-27-14)17-3-4-18-20(24-17)32-21(25-18)26-19-11-15(5-6-22-19)13-28-7-9-29(10-8-28)33(2,30)31/h3-6,11-12H,7-10,13H2,1-2H3,(H,23,27)(H,22,25,26). The van der Waals surface area contributed by atoms with Gasteiger partial charge in [0.25, 0.3) is 0 Å². The molecule has 1 aliphatic heterocycles. The second-order valence-corrected chi connectivity index (χ2v) is 11.0. The van der Waals surface area contributed by atoms with Gasteiger partial charge in [-0.15, -0.1) is 0 Å². The number of pyridine rings is 2. The van der Waals surface area contributed by atoms with Crippen LogP contribution in [-0.4, -0.2) is 75.2 Å². The van der Waals surface area contributed by atoms with Gasteiger partial charge in [-0.05, 0) is 36.8 Å². The molecule has 0 spiro atoms. The molecule has 0 aromatic carbocycles. The monoisotopic (exact) mass is 484 g/mol. The summed E-state index contributed by atoms with van der Waals surface area (Å²) >= 11 is 1.48. The summed E-state index contributed by atoms with van der Waals surface area (Å²) in [7, 11) is -3.12. The summed E-state index contributed by atoms with van der Waals surface area (Å²) in [5.74, 6) is 0.715. The second kappa shape index (κ2) is 8.78. The summed E-state index contributed by atoms with van der Waals surface area (Å²) in [5.41, 5.74) is 4.75. The number of hydrogen-bond donors (Lipinski definition) is 2. The number of anilines is 2. The minimum atomic E-state index is -3.12. The van der Waals surface area contributed by atoms with Crippen LogP contribution in [0.1, 0.15) is 11.3 Å². The van der Waals surface area contributed by atoms with Crippen LogP contribution in [0, 0.1) is 6.92 Å². The zero-order chi connectivity index (χ0) is 23.0. The fourth-order valence-electron chi connectivity index (χ4n) is 3.86. The molecule has 12 heteroatoms. The van der Waals surface area contributed by atoms with E-state index in [0.717, 1.165) is 44.5 Å². The van der Waals surface area contributed by atoms with Crippen LogP contribution in [-0.2, 0) is 16.6 Å². The van der Waals surface area contributed by atoms with Gasteiger partial charge in [0, 0.05) is 50.2 Å². The van der Waals surface area contributed by atoms with Crippen molar-refractivity contribution in [2.24, 2.45) is 0 Å². The van der Waals surface area contributed by atoms with E-state index >= 15 is 0 Å². The molecule has 1 fully saturated rings. The molecule has 0 bridgehead atoms. The van der Waals surface area contributed by atoms with Crippen LogP contribution < -0.4 is 5.32 Å². The van der Waals surface area contributed by atoms with Gasteiger partial charge in [-0.1, -0.05) is 11.3 Å². The van der Waals surface area contributed by atoms with Gasteiger partial charge in [-0.25, -0.2) is 23.4 Å². The number of nitrogens with one attached hydrogen (secondary N) is 2. The highest BCUT2D eigenvalue weighted by Crippen LogP contribution is 2.29. The minimum Gasteiger partial charge on any atom is -0.316 e. The molecule has 5 rings (SSSR count). The molecule has 172 valence electrons. The SMILES string of the molecule is Cc1[nH]ncc1-c1ccc2nc(Nc3cc(CN4CCN(S(C)(=O)=O)CC4)ccn3)sc2n1. The maximum atomic E-state index is 11.7. The van der Waals surface area contributed by atoms with Gasteiger partial charge in [-0.2, -0.15) is 9.40 Å². The molecule has 0 amide bonds. The zero-order valence-electron chi connectivity index (χ0n) is 18.3. The normalized spacial score (nSPS) is 15.8. The predicted octanol–water partition coefficient (Wildman–Crippen LogP) is 2.61. The van der Waals surface area contributed by atoms with Crippen LogP contribution in [0.2, 0.25) is 0 Å². The largest absolute Gasteiger partial charge is 0.316 e. The first-order valence-corrected chi connectivity index (χ1v) is 13.2. The Labute approximate surface area is 195 Å². The molecule has 5 heterocycles. The van der Waals surface area contributed by atoms with Crippen LogP contribution in [0.5, 0.6) is 0 Å². The number of nitrogens with zero attached hydrogens (tertiary/aromatic N) is 6. The Morgan fingerprint density at radius 3 is 2.70 bits per heavy atom. The Morgan fingerprint density at radius 2 is 1.97 bits per heavy atom. The summed E-state index contributed by atoms with van der Waals surface area (Å²) in [6.45, 7) is 5.17. The number of rotatable bonds is 6. The van der Waals surface area contributed by atoms with E-state index in [1.165, 1.54) is 21.9 Å². The fraction of sp³-hybridized carbons (Fsp3) is 0.333. The van der Waals surface area contributed by atoms with E-state index in [1.807, 2.05) is 31.2 Å². The zero-order valence-corrected chi connectivity index (χ0v) is 19.9. The van der Waals surface area contributed by atoms with Crippen molar-refractivity contribution < 1.29 is 8.42 Å². The van der Waals surface area contributed by atoms with E-state index in [-0.39, 0.29) is 0 Å². The van der Waals surface area contributed by atoms with Crippen molar-refractivity contribution in [2.45, 2.75) is 13.5 Å². The number of piperazine rings is 1. The van der Waals surface area contributed by atoms with Crippen molar-refractivity contribution in [1.29, 1.82) is 0 Å². The average molecular weight is 485 g/mol. The summed E-state index contributed by atoms with van der Waals surface area (Å²) in [6, 6.07) is 7.90. The highest BCUT2D eigenvalue weighted by atomic mass is 32.2. The van der Waals surface area contributed by atoms with E-state index < -0.39 is 10.0 Å². The summed E-state index contributed by atoms with van der Waals surface area (Å²) in [5, 5.41) is 11.0. The van der Waals surface area contributed by atoms with Gasteiger partial charge in [0.05, 0.1) is 18.1 Å². The third-order valence-corrected chi connectivity index (χ3v) is 7.81. The minimum absolute atomic E-state index is 0.522. The van der Waals surface area contributed by atoms with Gasteiger partial charge in [0.2, 0.25) is 10.0 Å².